The Labute approximate surface area is 86.8 Å². The van der Waals surface area contributed by atoms with Gasteiger partial charge in [-0.15, -0.1) is 11.6 Å². The fourth-order valence-electron chi connectivity index (χ4n) is 1.08. The molecule has 0 radical (unpaired) electrons. The number of carbonyl (C=O) groups is 1. The van der Waals surface area contributed by atoms with Gasteiger partial charge in [0, 0.05) is 11.6 Å². The molecule has 0 aromatic heterocycles. The number of alkyl halides is 1. The van der Waals surface area contributed by atoms with Crippen molar-refractivity contribution in [1.29, 1.82) is 0 Å². The number of benzene rings is 1. The van der Waals surface area contributed by atoms with Crippen molar-refractivity contribution >= 4 is 29.3 Å². The molecule has 74 valence electrons. The minimum Gasteiger partial charge on any atom is -0.478 e. The van der Waals surface area contributed by atoms with Crippen LogP contribution in [0.4, 0.5) is 5.69 Å². The second kappa shape index (κ2) is 4.67. The number of rotatable bonds is 3. The summed E-state index contributed by atoms with van der Waals surface area (Å²) in [6.45, 7) is 0. The molecule has 1 rings (SSSR count). The number of nitrogen functional groups attached to an aromatic ring is 1. The molecule has 0 saturated heterocycles. The van der Waals surface area contributed by atoms with Gasteiger partial charge in [-0.2, -0.15) is 0 Å². The molecule has 0 aliphatic carbocycles. The molecular formula is C10H10ClNO2. The standard InChI is InChI=1S/C10H10ClNO2/c11-5-1-2-7-3-4-8(12)6-9(7)10(13)14/h1-4,6H,5,12H2,(H,13,14). The first-order chi connectivity index (χ1) is 6.65. The number of aromatic carboxylic acids is 1. The predicted molar refractivity (Wildman–Crippen MR) is 57.6 cm³/mol. The van der Waals surface area contributed by atoms with Gasteiger partial charge in [0.2, 0.25) is 0 Å². The Morgan fingerprint density at radius 1 is 1.57 bits per heavy atom. The number of allylic oxidation sites excluding steroid dienone is 1. The summed E-state index contributed by atoms with van der Waals surface area (Å²) in [4.78, 5) is 10.8. The Hall–Kier alpha value is -1.48. The number of hydrogen-bond donors (Lipinski definition) is 2. The molecule has 0 amide bonds. The molecule has 0 atom stereocenters. The first kappa shape index (κ1) is 10.6. The van der Waals surface area contributed by atoms with E-state index in [-0.39, 0.29) is 5.56 Å². The van der Waals surface area contributed by atoms with Crippen molar-refractivity contribution in [1.82, 2.24) is 0 Å². The maximum absolute atomic E-state index is 10.8. The van der Waals surface area contributed by atoms with Gasteiger partial charge in [-0.1, -0.05) is 18.2 Å². The van der Waals surface area contributed by atoms with Crippen molar-refractivity contribution in [3.63, 3.8) is 0 Å². The molecule has 14 heavy (non-hydrogen) atoms. The van der Waals surface area contributed by atoms with Crippen LogP contribution in [0, 0.1) is 0 Å². The van der Waals surface area contributed by atoms with Crippen LogP contribution in [-0.2, 0) is 0 Å². The molecule has 1 aromatic rings. The maximum Gasteiger partial charge on any atom is 0.336 e. The highest BCUT2D eigenvalue weighted by molar-refractivity contribution is 6.19. The topological polar surface area (TPSA) is 63.3 Å². The van der Waals surface area contributed by atoms with E-state index in [0.29, 0.717) is 17.1 Å². The van der Waals surface area contributed by atoms with Gasteiger partial charge in [-0.25, -0.2) is 4.79 Å². The van der Waals surface area contributed by atoms with Crippen molar-refractivity contribution in [3.8, 4) is 0 Å². The van der Waals surface area contributed by atoms with Crippen LogP contribution in [0.3, 0.4) is 0 Å². The summed E-state index contributed by atoms with van der Waals surface area (Å²) in [7, 11) is 0. The summed E-state index contributed by atoms with van der Waals surface area (Å²) >= 11 is 5.46. The third-order valence-electron chi connectivity index (χ3n) is 1.69. The molecule has 0 unspecified atom stereocenters. The average Bonchev–Trinajstić information content (AvgIpc) is 2.15. The molecule has 0 aliphatic heterocycles. The third-order valence-corrected chi connectivity index (χ3v) is 1.87. The molecule has 0 spiro atoms. The number of hydrogen-bond acceptors (Lipinski definition) is 2. The second-order valence-corrected chi connectivity index (χ2v) is 3.02. The van der Waals surface area contributed by atoms with Gasteiger partial charge >= 0.3 is 5.97 Å². The largest absolute Gasteiger partial charge is 0.478 e. The summed E-state index contributed by atoms with van der Waals surface area (Å²) in [5.41, 5.74) is 6.71. The summed E-state index contributed by atoms with van der Waals surface area (Å²) in [6.07, 6.45) is 3.34. The zero-order valence-electron chi connectivity index (χ0n) is 7.40. The monoisotopic (exact) mass is 211 g/mol. The zero-order valence-corrected chi connectivity index (χ0v) is 8.16. The zero-order chi connectivity index (χ0) is 10.6. The van der Waals surface area contributed by atoms with E-state index in [0.717, 1.165) is 0 Å². The van der Waals surface area contributed by atoms with Crippen molar-refractivity contribution in [2.75, 3.05) is 11.6 Å². The molecule has 0 bridgehead atoms. The highest BCUT2D eigenvalue weighted by Gasteiger charge is 2.07. The van der Waals surface area contributed by atoms with Crippen LogP contribution >= 0.6 is 11.6 Å². The lowest BCUT2D eigenvalue weighted by atomic mass is 10.1. The van der Waals surface area contributed by atoms with Crippen LogP contribution in [0.25, 0.3) is 6.08 Å². The highest BCUT2D eigenvalue weighted by Crippen LogP contribution is 2.15. The van der Waals surface area contributed by atoms with E-state index in [2.05, 4.69) is 0 Å². The Balaban J connectivity index is 3.15. The lowest BCUT2D eigenvalue weighted by Gasteiger charge is -2.01. The number of halogens is 1. The Morgan fingerprint density at radius 2 is 2.29 bits per heavy atom. The van der Waals surface area contributed by atoms with Crippen LogP contribution in [0.15, 0.2) is 24.3 Å². The summed E-state index contributed by atoms with van der Waals surface area (Å²) in [6, 6.07) is 4.73. The first-order valence-corrected chi connectivity index (χ1v) is 4.54. The third kappa shape index (κ3) is 2.50. The van der Waals surface area contributed by atoms with Crippen molar-refractivity contribution in [3.05, 3.63) is 35.4 Å². The Morgan fingerprint density at radius 3 is 2.86 bits per heavy atom. The fourth-order valence-corrected chi connectivity index (χ4v) is 1.17. The molecule has 1 aromatic carbocycles. The number of anilines is 1. The van der Waals surface area contributed by atoms with E-state index in [1.54, 1.807) is 24.3 Å². The van der Waals surface area contributed by atoms with Gasteiger partial charge in [0.15, 0.2) is 0 Å². The van der Waals surface area contributed by atoms with Gasteiger partial charge in [0.05, 0.1) is 5.56 Å². The van der Waals surface area contributed by atoms with E-state index < -0.39 is 5.97 Å². The predicted octanol–water partition coefficient (Wildman–Crippen LogP) is 2.22. The van der Waals surface area contributed by atoms with Gasteiger partial charge < -0.3 is 10.8 Å². The van der Waals surface area contributed by atoms with Crippen molar-refractivity contribution in [2.45, 2.75) is 0 Å². The van der Waals surface area contributed by atoms with Crippen LogP contribution < -0.4 is 5.73 Å². The van der Waals surface area contributed by atoms with E-state index in [9.17, 15) is 4.79 Å². The summed E-state index contributed by atoms with van der Waals surface area (Å²) in [5, 5.41) is 8.87. The summed E-state index contributed by atoms with van der Waals surface area (Å²) < 4.78 is 0. The van der Waals surface area contributed by atoms with E-state index >= 15 is 0 Å². The number of carboxylic acid groups (broad SMARTS) is 1. The minimum atomic E-state index is -0.994. The SMILES string of the molecule is Nc1ccc(C=CCCl)c(C(=O)O)c1. The van der Waals surface area contributed by atoms with Crippen LogP contribution in [0.2, 0.25) is 0 Å². The molecular weight excluding hydrogens is 202 g/mol. The second-order valence-electron chi connectivity index (χ2n) is 2.71. The summed E-state index contributed by atoms with van der Waals surface area (Å²) in [5.74, 6) is -0.643. The quantitative estimate of drug-likeness (QED) is 0.595. The molecule has 4 heteroatoms. The Bertz CT molecular complexity index is 374. The minimum absolute atomic E-state index is 0.186. The fraction of sp³-hybridized carbons (Fsp3) is 0.100. The number of nitrogens with two attached hydrogens (primary N) is 1. The maximum atomic E-state index is 10.8. The van der Waals surface area contributed by atoms with Crippen LogP contribution in [-0.4, -0.2) is 17.0 Å². The van der Waals surface area contributed by atoms with E-state index in [4.69, 9.17) is 22.4 Å². The first-order valence-electron chi connectivity index (χ1n) is 4.00. The molecule has 0 fully saturated rings. The normalized spacial score (nSPS) is 10.6. The van der Waals surface area contributed by atoms with Gasteiger partial charge in [0.1, 0.15) is 0 Å². The van der Waals surface area contributed by atoms with Crippen LogP contribution in [0.5, 0.6) is 0 Å². The van der Waals surface area contributed by atoms with Gasteiger partial charge in [0.25, 0.3) is 0 Å². The van der Waals surface area contributed by atoms with Crippen molar-refractivity contribution < 1.29 is 9.90 Å². The lowest BCUT2D eigenvalue weighted by molar-refractivity contribution is 0.0696. The molecule has 3 N–H and O–H groups in total. The molecule has 0 aliphatic rings. The molecule has 3 nitrogen and oxygen atoms in total. The smallest absolute Gasteiger partial charge is 0.336 e. The van der Waals surface area contributed by atoms with Gasteiger partial charge in [-0.3, -0.25) is 0 Å². The molecule has 0 saturated carbocycles. The lowest BCUT2D eigenvalue weighted by Crippen LogP contribution is -2.00. The molecule has 0 heterocycles. The van der Waals surface area contributed by atoms with Crippen LogP contribution in [0.1, 0.15) is 15.9 Å². The van der Waals surface area contributed by atoms with Crippen molar-refractivity contribution in [2.24, 2.45) is 0 Å². The number of carboxylic acids is 1. The van der Waals surface area contributed by atoms with E-state index in [1.165, 1.54) is 6.07 Å². The average molecular weight is 212 g/mol. The Kier molecular flexibility index (Phi) is 3.54. The highest BCUT2D eigenvalue weighted by atomic mass is 35.5. The van der Waals surface area contributed by atoms with Gasteiger partial charge in [-0.05, 0) is 17.7 Å². The van der Waals surface area contributed by atoms with E-state index in [1.807, 2.05) is 0 Å².